The SMILES string of the molecule is CC(=O)Nc1ccc(Nc2nccc(C(=O)NCCN(C)C)n2)cc1. The lowest BCUT2D eigenvalue weighted by molar-refractivity contribution is -0.114. The standard InChI is InChI=1S/C17H22N6O2/c1-12(24)20-13-4-6-14(7-5-13)21-17-19-9-8-15(22-17)16(25)18-10-11-23(2)3/h4-9H,10-11H2,1-3H3,(H,18,25)(H,20,24)(H,19,21,22). The van der Waals surface area contributed by atoms with E-state index in [1.54, 1.807) is 30.3 Å². The van der Waals surface area contributed by atoms with Crippen LogP contribution in [0.5, 0.6) is 0 Å². The van der Waals surface area contributed by atoms with E-state index < -0.39 is 0 Å². The van der Waals surface area contributed by atoms with Crippen LogP contribution < -0.4 is 16.0 Å². The molecule has 8 heteroatoms. The third-order valence-corrected chi connectivity index (χ3v) is 3.19. The third kappa shape index (κ3) is 6.19. The zero-order chi connectivity index (χ0) is 18.2. The number of anilines is 3. The Hall–Kier alpha value is -3.00. The molecule has 2 amide bonds. The Kier molecular flexibility index (Phi) is 6.41. The summed E-state index contributed by atoms with van der Waals surface area (Å²) in [4.78, 5) is 33.4. The highest BCUT2D eigenvalue weighted by Gasteiger charge is 2.08. The van der Waals surface area contributed by atoms with Crippen LogP contribution in [0.4, 0.5) is 17.3 Å². The molecule has 1 heterocycles. The van der Waals surface area contributed by atoms with E-state index in [4.69, 9.17) is 0 Å². The number of nitrogens with one attached hydrogen (secondary N) is 3. The summed E-state index contributed by atoms with van der Waals surface area (Å²) in [7, 11) is 3.88. The number of hydrogen-bond donors (Lipinski definition) is 3. The van der Waals surface area contributed by atoms with Crippen molar-refractivity contribution in [2.75, 3.05) is 37.8 Å². The van der Waals surface area contributed by atoms with Gasteiger partial charge in [-0.25, -0.2) is 9.97 Å². The molecule has 0 saturated heterocycles. The van der Waals surface area contributed by atoms with E-state index in [1.165, 1.54) is 13.1 Å². The molecule has 0 aliphatic carbocycles. The molecule has 25 heavy (non-hydrogen) atoms. The maximum atomic E-state index is 12.1. The van der Waals surface area contributed by atoms with E-state index in [1.807, 2.05) is 19.0 Å². The van der Waals surface area contributed by atoms with Gasteiger partial charge in [-0.3, -0.25) is 9.59 Å². The molecule has 132 valence electrons. The lowest BCUT2D eigenvalue weighted by Gasteiger charge is -2.11. The van der Waals surface area contributed by atoms with Crippen LogP contribution in [-0.2, 0) is 4.79 Å². The molecule has 0 aliphatic rings. The normalized spacial score (nSPS) is 10.4. The van der Waals surface area contributed by atoms with Crippen molar-refractivity contribution < 1.29 is 9.59 Å². The van der Waals surface area contributed by atoms with Crippen molar-refractivity contribution in [3.63, 3.8) is 0 Å². The fourth-order valence-electron chi connectivity index (χ4n) is 2.00. The smallest absolute Gasteiger partial charge is 0.270 e. The third-order valence-electron chi connectivity index (χ3n) is 3.19. The summed E-state index contributed by atoms with van der Waals surface area (Å²) in [6.45, 7) is 2.75. The van der Waals surface area contributed by atoms with Crippen LogP contribution in [-0.4, -0.2) is 53.9 Å². The van der Waals surface area contributed by atoms with Gasteiger partial charge in [-0.15, -0.1) is 0 Å². The second kappa shape index (κ2) is 8.74. The number of carbonyl (C=O) groups is 2. The van der Waals surface area contributed by atoms with Crippen molar-refractivity contribution in [3.8, 4) is 0 Å². The number of rotatable bonds is 7. The van der Waals surface area contributed by atoms with Gasteiger partial charge >= 0.3 is 0 Å². The number of carbonyl (C=O) groups excluding carboxylic acids is 2. The Morgan fingerprint density at radius 1 is 1.08 bits per heavy atom. The molecule has 3 N–H and O–H groups in total. The Labute approximate surface area is 146 Å². The van der Waals surface area contributed by atoms with Gasteiger partial charge < -0.3 is 20.9 Å². The summed E-state index contributed by atoms with van der Waals surface area (Å²) < 4.78 is 0. The number of hydrogen-bond acceptors (Lipinski definition) is 6. The molecule has 1 aromatic heterocycles. The van der Waals surface area contributed by atoms with Gasteiger partial charge in [0.2, 0.25) is 11.9 Å². The molecule has 0 bridgehead atoms. The predicted molar refractivity (Wildman–Crippen MR) is 96.9 cm³/mol. The average Bonchev–Trinajstić information content (AvgIpc) is 2.56. The zero-order valence-corrected chi connectivity index (χ0v) is 14.5. The molecule has 0 atom stereocenters. The number of benzene rings is 1. The lowest BCUT2D eigenvalue weighted by Crippen LogP contribution is -2.31. The van der Waals surface area contributed by atoms with Crippen LogP contribution in [0.2, 0.25) is 0 Å². The van der Waals surface area contributed by atoms with E-state index in [2.05, 4.69) is 25.9 Å². The second-order valence-electron chi connectivity index (χ2n) is 5.71. The molecule has 0 fully saturated rings. The van der Waals surface area contributed by atoms with Crippen LogP contribution >= 0.6 is 0 Å². The molecular formula is C17H22N6O2. The van der Waals surface area contributed by atoms with Crippen LogP contribution in [0.1, 0.15) is 17.4 Å². The lowest BCUT2D eigenvalue weighted by atomic mass is 10.3. The maximum absolute atomic E-state index is 12.1. The Bertz CT molecular complexity index is 730. The monoisotopic (exact) mass is 342 g/mol. The van der Waals surface area contributed by atoms with Crippen molar-refractivity contribution >= 4 is 29.1 Å². The van der Waals surface area contributed by atoms with Crippen molar-refractivity contribution in [3.05, 3.63) is 42.2 Å². The second-order valence-corrected chi connectivity index (χ2v) is 5.71. The van der Waals surface area contributed by atoms with Crippen molar-refractivity contribution in [2.45, 2.75) is 6.92 Å². The Morgan fingerprint density at radius 3 is 2.40 bits per heavy atom. The first-order chi connectivity index (χ1) is 11.9. The molecular weight excluding hydrogens is 320 g/mol. The van der Waals surface area contributed by atoms with Crippen LogP contribution in [0, 0.1) is 0 Å². The van der Waals surface area contributed by atoms with Gasteiger partial charge in [0.05, 0.1) is 0 Å². The van der Waals surface area contributed by atoms with Crippen LogP contribution in [0.3, 0.4) is 0 Å². The molecule has 0 radical (unpaired) electrons. The average molecular weight is 342 g/mol. The fraction of sp³-hybridized carbons (Fsp3) is 0.294. The quantitative estimate of drug-likeness (QED) is 0.705. The molecule has 8 nitrogen and oxygen atoms in total. The number of likely N-dealkylation sites (N-methyl/N-ethyl adjacent to an activating group) is 1. The largest absolute Gasteiger partial charge is 0.349 e. The first-order valence-electron chi connectivity index (χ1n) is 7.84. The summed E-state index contributed by atoms with van der Waals surface area (Å²) in [5.41, 5.74) is 1.75. The highest BCUT2D eigenvalue weighted by molar-refractivity contribution is 5.92. The number of amides is 2. The van der Waals surface area contributed by atoms with E-state index in [9.17, 15) is 9.59 Å². The topological polar surface area (TPSA) is 99.2 Å². The molecule has 0 saturated carbocycles. The van der Waals surface area contributed by atoms with Crippen molar-refractivity contribution in [1.29, 1.82) is 0 Å². The van der Waals surface area contributed by atoms with E-state index in [0.717, 1.165) is 12.2 Å². The molecule has 1 aromatic carbocycles. The van der Waals surface area contributed by atoms with Gasteiger partial charge in [-0.2, -0.15) is 0 Å². The van der Waals surface area contributed by atoms with E-state index in [-0.39, 0.29) is 11.8 Å². The minimum atomic E-state index is -0.242. The fourth-order valence-corrected chi connectivity index (χ4v) is 2.00. The number of nitrogens with zero attached hydrogens (tertiary/aromatic N) is 3. The summed E-state index contributed by atoms with van der Waals surface area (Å²) in [5.74, 6) is -0.0436. The number of aromatic nitrogens is 2. The molecule has 2 rings (SSSR count). The zero-order valence-electron chi connectivity index (χ0n) is 14.5. The molecule has 0 unspecified atom stereocenters. The summed E-state index contributed by atoms with van der Waals surface area (Å²) in [6, 6.07) is 8.68. The highest BCUT2D eigenvalue weighted by atomic mass is 16.2. The van der Waals surface area contributed by atoms with E-state index in [0.29, 0.717) is 23.9 Å². The Morgan fingerprint density at radius 2 is 1.76 bits per heavy atom. The molecule has 0 spiro atoms. The van der Waals surface area contributed by atoms with Gasteiger partial charge in [0, 0.05) is 37.6 Å². The summed E-state index contributed by atoms with van der Waals surface area (Å²) >= 11 is 0. The van der Waals surface area contributed by atoms with Crippen molar-refractivity contribution in [1.82, 2.24) is 20.2 Å². The van der Waals surface area contributed by atoms with Crippen LogP contribution in [0.15, 0.2) is 36.5 Å². The van der Waals surface area contributed by atoms with Gasteiger partial charge in [0.15, 0.2) is 0 Å². The summed E-state index contributed by atoms with van der Waals surface area (Å²) in [5, 5.41) is 8.53. The first kappa shape index (κ1) is 18.3. The first-order valence-corrected chi connectivity index (χ1v) is 7.84. The minimum absolute atomic E-state index is 0.128. The van der Waals surface area contributed by atoms with Crippen LogP contribution in [0.25, 0.3) is 0 Å². The molecule has 2 aromatic rings. The van der Waals surface area contributed by atoms with Gasteiger partial charge in [0.25, 0.3) is 5.91 Å². The van der Waals surface area contributed by atoms with E-state index >= 15 is 0 Å². The van der Waals surface area contributed by atoms with Gasteiger partial charge in [0.1, 0.15) is 5.69 Å². The van der Waals surface area contributed by atoms with Crippen molar-refractivity contribution in [2.24, 2.45) is 0 Å². The molecule has 0 aliphatic heterocycles. The maximum Gasteiger partial charge on any atom is 0.270 e. The van der Waals surface area contributed by atoms with Gasteiger partial charge in [-0.05, 0) is 44.4 Å². The Balaban J connectivity index is 1.98. The summed E-state index contributed by atoms with van der Waals surface area (Å²) in [6.07, 6.45) is 1.53. The highest BCUT2D eigenvalue weighted by Crippen LogP contribution is 2.16. The minimum Gasteiger partial charge on any atom is -0.349 e. The predicted octanol–water partition coefficient (Wildman–Crippen LogP) is 1.47. The van der Waals surface area contributed by atoms with Gasteiger partial charge in [-0.1, -0.05) is 0 Å².